The fourth-order valence-electron chi connectivity index (χ4n) is 6.97. The molecule has 5 atom stereocenters. The van der Waals surface area contributed by atoms with Gasteiger partial charge in [0.2, 0.25) is 5.91 Å². The summed E-state index contributed by atoms with van der Waals surface area (Å²) in [5.74, 6) is -2.89. The van der Waals surface area contributed by atoms with E-state index in [0.717, 1.165) is 49.3 Å². The number of carbonyl (C=O) groups excluding carboxylic acids is 2. The van der Waals surface area contributed by atoms with Gasteiger partial charge in [0.25, 0.3) is 0 Å². The van der Waals surface area contributed by atoms with Crippen LogP contribution in [0, 0.1) is 12.7 Å². The second-order valence-electron chi connectivity index (χ2n) is 12.0. The lowest BCUT2D eigenvalue weighted by Crippen LogP contribution is -2.45. The predicted molar refractivity (Wildman–Crippen MR) is 160 cm³/mol. The van der Waals surface area contributed by atoms with Gasteiger partial charge in [0.05, 0.1) is 25.4 Å². The molecule has 14 nitrogen and oxygen atoms in total. The number of aryl methyl sites for hydroxylation is 1. The molecule has 15 heteroatoms. The Morgan fingerprint density at radius 3 is 2.24 bits per heavy atom. The number of amides is 2. The first-order chi connectivity index (χ1) is 21.8. The van der Waals surface area contributed by atoms with E-state index in [-0.39, 0.29) is 23.9 Å². The molecule has 5 N–H and O–H groups in total. The first-order valence-corrected chi connectivity index (χ1v) is 15.3. The van der Waals surface area contributed by atoms with Gasteiger partial charge in [0.1, 0.15) is 11.6 Å². The fraction of sp³-hybridized carbons (Fsp3) is 0.581. The van der Waals surface area contributed by atoms with E-state index in [4.69, 9.17) is 30.1 Å². The van der Waals surface area contributed by atoms with Gasteiger partial charge in [-0.05, 0) is 56.7 Å². The van der Waals surface area contributed by atoms with Crippen LogP contribution in [0.2, 0.25) is 0 Å². The number of benzene rings is 1. The number of hydrogen-bond acceptors (Lipinski definition) is 9. The van der Waals surface area contributed by atoms with Crippen molar-refractivity contribution in [2.45, 2.75) is 95.3 Å². The number of rotatable bonds is 9. The van der Waals surface area contributed by atoms with Crippen LogP contribution in [0.4, 0.5) is 9.18 Å². The normalized spacial score (nSPS) is 22.5. The molecule has 0 saturated carbocycles. The van der Waals surface area contributed by atoms with Crippen molar-refractivity contribution in [2.24, 2.45) is 0 Å². The summed E-state index contributed by atoms with van der Waals surface area (Å²) in [7, 11) is 1.42. The molecule has 3 aliphatic rings. The summed E-state index contributed by atoms with van der Waals surface area (Å²) in [5, 5.41) is 35.5. The molecular weight excluding hydrogens is 605 g/mol. The van der Waals surface area contributed by atoms with Crippen LogP contribution in [0.15, 0.2) is 24.3 Å². The zero-order valence-corrected chi connectivity index (χ0v) is 26.1. The van der Waals surface area contributed by atoms with Gasteiger partial charge in [-0.2, -0.15) is 0 Å². The maximum atomic E-state index is 13.8. The molecule has 1 aromatic carbocycles. The van der Waals surface area contributed by atoms with Crippen LogP contribution >= 0.6 is 0 Å². The van der Waals surface area contributed by atoms with Crippen molar-refractivity contribution in [3.63, 3.8) is 0 Å². The number of halogens is 1. The van der Waals surface area contributed by atoms with Crippen LogP contribution < -0.4 is 5.32 Å². The standard InChI is InChI=1S/C27H36FN5O3.C4H6O6/c1-17-29-25-16-31(27(35)36-3)11-10-26(25)33(17)23-14-21-7-8-22(15-23)32(21)12-9-24(30-18(2)34)19-5-4-6-20(28)13-19;5-1(3(7)8)2(6)4(9)10/h4-6,13,21-24H,7-12,14-16H2,1-3H3,(H,30,34);1-2,5-6H,(H,7,8)(H,9,10)/t21?,22?,23?,24-;/m0./s1. The monoisotopic (exact) mass is 647 g/mol. The van der Waals surface area contributed by atoms with E-state index in [1.165, 1.54) is 44.7 Å². The predicted octanol–water partition coefficient (Wildman–Crippen LogP) is 1.77. The van der Waals surface area contributed by atoms with Crippen molar-refractivity contribution < 1.29 is 48.7 Å². The molecule has 2 saturated heterocycles. The number of aromatic nitrogens is 2. The minimum Gasteiger partial charge on any atom is -0.479 e. The Morgan fingerprint density at radius 2 is 1.70 bits per heavy atom. The largest absolute Gasteiger partial charge is 0.479 e. The van der Waals surface area contributed by atoms with Crippen LogP contribution in [0.1, 0.15) is 73.9 Å². The quantitative estimate of drug-likeness (QED) is 0.266. The molecule has 3 aliphatic heterocycles. The Balaban J connectivity index is 0.000000416. The number of imidazole rings is 1. The molecule has 0 aliphatic carbocycles. The van der Waals surface area contributed by atoms with Gasteiger partial charge in [0.15, 0.2) is 12.2 Å². The van der Waals surface area contributed by atoms with Crippen molar-refractivity contribution in [1.82, 2.24) is 24.7 Å². The third-order valence-corrected chi connectivity index (χ3v) is 9.00. The van der Waals surface area contributed by atoms with Crippen LogP contribution in [-0.2, 0) is 32.1 Å². The van der Waals surface area contributed by atoms with Gasteiger partial charge in [-0.1, -0.05) is 12.1 Å². The van der Waals surface area contributed by atoms with Crippen LogP contribution in [0.3, 0.4) is 0 Å². The van der Waals surface area contributed by atoms with Gasteiger partial charge < -0.3 is 39.9 Å². The second-order valence-corrected chi connectivity index (χ2v) is 12.0. The number of nitrogens with one attached hydrogen (secondary N) is 1. The number of carboxylic acid groups (broad SMARTS) is 2. The zero-order valence-electron chi connectivity index (χ0n) is 26.1. The van der Waals surface area contributed by atoms with Gasteiger partial charge in [-0.3, -0.25) is 9.69 Å². The number of hydrogen-bond donors (Lipinski definition) is 5. The summed E-state index contributed by atoms with van der Waals surface area (Å²) in [6, 6.07) is 7.74. The number of nitrogens with zero attached hydrogens (tertiary/aromatic N) is 4. The highest BCUT2D eigenvalue weighted by molar-refractivity contribution is 5.83. The number of ether oxygens (including phenoxy) is 1. The number of carbonyl (C=O) groups is 4. The second kappa shape index (κ2) is 15.0. The van der Waals surface area contributed by atoms with Crippen molar-refractivity contribution >= 4 is 23.9 Å². The lowest BCUT2D eigenvalue weighted by molar-refractivity contribution is -0.165. The molecule has 5 rings (SSSR count). The first kappa shape index (κ1) is 34.8. The molecular formula is C31H42FN5O9. The van der Waals surface area contributed by atoms with E-state index >= 15 is 0 Å². The van der Waals surface area contributed by atoms with Crippen LogP contribution in [-0.4, -0.2) is 108 Å². The summed E-state index contributed by atoms with van der Waals surface area (Å²) >= 11 is 0. The van der Waals surface area contributed by atoms with Crippen molar-refractivity contribution in [3.8, 4) is 0 Å². The van der Waals surface area contributed by atoms with Crippen molar-refractivity contribution in [2.75, 3.05) is 20.2 Å². The maximum Gasteiger partial charge on any atom is 0.409 e. The first-order valence-electron chi connectivity index (χ1n) is 15.3. The third-order valence-electron chi connectivity index (χ3n) is 9.00. The Labute approximate surface area is 265 Å². The average molecular weight is 648 g/mol. The SMILES string of the molecule is COC(=O)N1CCc2c(nc(C)n2C2CC3CCC(C2)N3CC[C@H](NC(C)=O)c2cccc(F)c2)C1.O=C(O)C(O)C(O)C(=O)O. The fourth-order valence-corrected chi connectivity index (χ4v) is 6.97. The lowest BCUT2D eigenvalue weighted by atomic mass is 9.94. The molecule has 4 unspecified atom stereocenters. The van der Waals surface area contributed by atoms with E-state index in [2.05, 4.69) is 21.7 Å². The summed E-state index contributed by atoms with van der Waals surface area (Å²) in [4.78, 5) is 52.6. The highest BCUT2D eigenvalue weighted by Gasteiger charge is 2.42. The molecule has 1 aromatic heterocycles. The van der Waals surface area contributed by atoms with E-state index in [0.29, 0.717) is 31.2 Å². The van der Waals surface area contributed by atoms with Gasteiger partial charge in [-0.25, -0.2) is 23.8 Å². The molecule has 0 radical (unpaired) electrons. The molecule has 2 aromatic rings. The van der Waals surface area contributed by atoms with Crippen LogP contribution in [0.5, 0.6) is 0 Å². The van der Waals surface area contributed by atoms with Crippen molar-refractivity contribution in [3.05, 3.63) is 52.9 Å². The summed E-state index contributed by atoms with van der Waals surface area (Å²) < 4.78 is 21.2. The molecule has 4 heterocycles. The Bertz CT molecular complexity index is 1400. The number of aliphatic carboxylic acids is 2. The summed E-state index contributed by atoms with van der Waals surface area (Å²) in [6.45, 7) is 5.62. The molecule has 252 valence electrons. The highest BCUT2D eigenvalue weighted by atomic mass is 19.1. The molecule has 46 heavy (non-hydrogen) atoms. The Morgan fingerprint density at radius 1 is 1.07 bits per heavy atom. The van der Waals surface area contributed by atoms with Crippen molar-refractivity contribution in [1.29, 1.82) is 0 Å². The Kier molecular flexibility index (Phi) is 11.3. The highest BCUT2D eigenvalue weighted by Crippen LogP contribution is 2.43. The lowest BCUT2D eigenvalue weighted by Gasteiger charge is -2.41. The summed E-state index contributed by atoms with van der Waals surface area (Å²) in [6.07, 6.45) is 1.23. The number of aliphatic hydroxyl groups excluding tert-OH is 2. The van der Waals surface area contributed by atoms with E-state index in [1.54, 1.807) is 11.0 Å². The van der Waals surface area contributed by atoms with E-state index in [9.17, 15) is 23.6 Å². The number of carboxylic acids is 2. The Hall–Kier alpha value is -4.08. The zero-order chi connectivity index (χ0) is 33.7. The van der Waals surface area contributed by atoms with Gasteiger partial charge in [-0.15, -0.1) is 0 Å². The molecule has 2 bridgehead atoms. The average Bonchev–Trinajstić information content (AvgIpc) is 3.47. The summed E-state index contributed by atoms with van der Waals surface area (Å²) in [5.41, 5.74) is 3.07. The van der Waals surface area contributed by atoms with E-state index < -0.39 is 24.1 Å². The smallest absolute Gasteiger partial charge is 0.409 e. The number of fused-ring (bicyclic) bond motifs is 3. The molecule has 2 amide bonds. The number of aliphatic hydroxyl groups is 2. The maximum absolute atomic E-state index is 13.8. The van der Waals surface area contributed by atoms with Gasteiger partial charge in [0, 0.05) is 50.3 Å². The number of methoxy groups -OCH3 is 1. The minimum atomic E-state index is -2.27. The molecule has 0 spiro atoms. The molecule has 2 fully saturated rings. The van der Waals surface area contributed by atoms with E-state index in [1.807, 2.05) is 6.07 Å². The minimum absolute atomic E-state index is 0.0999. The topological polar surface area (TPSA) is 195 Å². The van der Waals surface area contributed by atoms with Gasteiger partial charge >= 0.3 is 18.0 Å². The van der Waals surface area contributed by atoms with Crippen LogP contribution in [0.25, 0.3) is 0 Å². The third kappa shape index (κ3) is 8.00. The number of piperidine rings is 1.